The highest BCUT2D eigenvalue weighted by atomic mass is 32.1. The molecule has 2 aromatic rings. The number of thiazole rings is 1. The lowest BCUT2D eigenvalue weighted by Gasteiger charge is -2.00. The van der Waals surface area contributed by atoms with Crippen LogP contribution in [-0.2, 0) is 6.42 Å². The summed E-state index contributed by atoms with van der Waals surface area (Å²) in [6, 6.07) is 9.84. The summed E-state index contributed by atoms with van der Waals surface area (Å²) in [7, 11) is 0. The lowest BCUT2D eigenvalue weighted by Crippen LogP contribution is -2.02. The monoisotopic (exact) mass is 220 g/mol. The van der Waals surface area contributed by atoms with E-state index in [-0.39, 0.29) is 4.87 Å². The van der Waals surface area contributed by atoms with Crippen LogP contribution in [0.15, 0.2) is 35.1 Å². The maximum atomic E-state index is 11.3. The zero-order valence-corrected chi connectivity index (χ0v) is 9.01. The van der Waals surface area contributed by atoms with Crippen molar-refractivity contribution >= 4 is 11.3 Å². The van der Waals surface area contributed by atoms with Gasteiger partial charge in [-0.3, -0.25) is 4.79 Å². The molecule has 0 bridgehead atoms. The van der Waals surface area contributed by atoms with E-state index in [0.29, 0.717) is 6.54 Å². The molecule has 3 N–H and O–H groups in total. The van der Waals surface area contributed by atoms with Gasteiger partial charge in [0.05, 0.1) is 5.69 Å². The minimum absolute atomic E-state index is 0.0164. The van der Waals surface area contributed by atoms with E-state index in [4.69, 9.17) is 5.73 Å². The smallest absolute Gasteiger partial charge is 0.305 e. The van der Waals surface area contributed by atoms with Gasteiger partial charge in [0.15, 0.2) is 0 Å². The van der Waals surface area contributed by atoms with Gasteiger partial charge in [0.25, 0.3) is 0 Å². The third-order valence-corrected chi connectivity index (χ3v) is 3.10. The molecule has 0 aliphatic carbocycles. The maximum Gasteiger partial charge on any atom is 0.305 e. The summed E-state index contributed by atoms with van der Waals surface area (Å²) < 4.78 is 0. The summed E-state index contributed by atoms with van der Waals surface area (Å²) in [4.78, 5) is 15.2. The SMILES string of the molecule is NCCc1sc(=O)[nH]c1-c1ccccc1. The number of hydrogen-bond acceptors (Lipinski definition) is 3. The number of nitrogens with one attached hydrogen (secondary N) is 1. The van der Waals surface area contributed by atoms with Crippen molar-refractivity contribution in [2.45, 2.75) is 6.42 Å². The average Bonchev–Trinajstić information content (AvgIpc) is 2.62. The van der Waals surface area contributed by atoms with Crippen LogP contribution in [0.3, 0.4) is 0 Å². The zero-order chi connectivity index (χ0) is 10.7. The van der Waals surface area contributed by atoms with Gasteiger partial charge in [-0.25, -0.2) is 0 Å². The van der Waals surface area contributed by atoms with Gasteiger partial charge in [-0.15, -0.1) is 0 Å². The minimum Gasteiger partial charge on any atom is -0.330 e. The molecule has 15 heavy (non-hydrogen) atoms. The van der Waals surface area contributed by atoms with Crippen LogP contribution in [0.5, 0.6) is 0 Å². The number of benzene rings is 1. The fraction of sp³-hybridized carbons (Fsp3) is 0.182. The zero-order valence-electron chi connectivity index (χ0n) is 8.19. The Balaban J connectivity index is 2.48. The first-order valence-corrected chi connectivity index (χ1v) is 5.60. The van der Waals surface area contributed by atoms with Gasteiger partial charge in [-0.1, -0.05) is 41.7 Å². The van der Waals surface area contributed by atoms with Crippen molar-refractivity contribution in [2.75, 3.05) is 6.54 Å². The van der Waals surface area contributed by atoms with Crippen molar-refractivity contribution in [1.29, 1.82) is 0 Å². The van der Waals surface area contributed by atoms with E-state index in [1.807, 2.05) is 30.3 Å². The van der Waals surface area contributed by atoms with E-state index in [2.05, 4.69) is 4.98 Å². The molecule has 1 aromatic carbocycles. The van der Waals surface area contributed by atoms with Crippen LogP contribution in [0.4, 0.5) is 0 Å². The van der Waals surface area contributed by atoms with Crippen LogP contribution >= 0.6 is 11.3 Å². The first-order valence-electron chi connectivity index (χ1n) is 4.78. The van der Waals surface area contributed by atoms with Gasteiger partial charge in [0, 0.05) is 4.88 Å². The largest absolute Gasteiger partial charge is 0.330 e. The Morgan fingerprint density at radius 2 is 2.00 bits per heavy atom. The summed E-state index contributed by atoms with van der Waals surface area (Å²) in [5, 5.41) is 0. The van der Waals surface area contributed by atoms with Gasteiger partial charge in [-0.05, 0) is 18.5 Å². The number of rotatable bonds is 3. The third-order valence-electron chi connectivity index (χ3n) is 2.16. The predicted octanol–water partition coefficient (Wildman–Crippen LogP) is 1.60. The molecular weight excluding hydrogens is 208 g/mol. The molecule has 0 saturated heterocycles. The molecule has 0 spiro atoms. The molecule has 78 valence electrons. The molecule has 0 amide bonds. The van der Waals surface area contributed by atoms with Crippen molar-refractivity contribution in [2.24, 2.45) is 5.73 Å². The highest BCUT2D eigenvalue weighted by Gasteiger charge is 2.08. The summed E-state index contributed by atoms with van der Waals surface area (Å²) in [5.74, 6) is 0. The number of hydrogen-bond donors (Lipinski definition) is 2. The van der Waals surface area contributed by atoms with Crippen LogP contribution in [0, 0.1) is 0 Å². The van der Waals surface area contributed by atoms with Crippen LogP contribution in [0.25, 0.3) is 11.3 Å². The van der Waals surface area contributed by atoms with Gasteiger partial charge in [0.2, 0.25) is 0 Å². The quantitative estimate of drug-likeness (QED) is 0.825. The highest BCUT2D eigenvalue weighted by Crippen LogP contribution is 2.22. The van der Waals surface area contributed by atoms with Gasteiger partial charge in [0.1, 0.15) is 0 Å². The normalized spacial score (nSPS) is 10.5. The molecule has 3 nitrogen and oxygen atoms in total. The second-order valence-corrected chi connectivity index (χ2v) is 4.29. The molecule has 0 saturated carbocycles. The topological polar surface area (TPSA) is 58.9 Å². The Kier molecular flexibility index (Phi) is 2.99. The Labute approximate surface area is 91.6 Å². The van der Waals surface area contributed by atoms with Crippen molar-refractivity contribution in [3.63, 3.8) is 0 Å². The fourth-order valence-corrected chi connectivity index (χ4v) is 2.37. The van der Waals surface area contributed by atoms with Crippen molar-refractivity contribution < 1.29 is 0 Å². The van der Waals surface area contributed by atoms with Crippen LogP contribution in [0.1, 0.15) is 4.88 Å². The minimum atomic E-state index is -0.0164. The van der Waals surface area contributed by atoms with Crippen molar-refractivity contribution in [3.8, 4) is 11.3 Å². The fourth-order valence-electron chi connectivity index (χ4n) is 1.51. The third kappa shape index (κ3) is 2.16. The van der Waals surface area contributed by atoms with Gasteiger partial charge < -0.3 is 10.7 Å². The van der Waals surface area contributed by atoms with E-state index in [1.54, 1.807) is 0 Å². The molecule has 0 radical (unpaired) electrons. The molecule has 0 aliphatic rings. The number of H-pyrrole nitrogens is 1. The molecule has 0 aliphatic heterocycles. The highest BCUT2D eigenvalue weighted by molar-refractivity contribution is 7.09. The van der Waals surface area contributed by atoms with Crippen LogP contribution in [0.2, 0.25) is 0 Å². The average molecular weight is 220 g/mol. The number of aromatic amines is 1. The second kappa shape index (κ2) is 4.42. The second-order valence-electron chi connectivity index (χ2n) is 3.22. The van der Waals surface area contributed by atoms with Crippen molar-refractivity contribution in [1.82, 2.24) is 4.98 Å². The molecule has 1 heterocycles. The first kappa shape index (κ1) is 10.1. The van der Waals surface area contributed by atoms with E-state index < -0.39 is 0 Å². The maximum absolute atomic E-state index is 11.3. The Morgan fingerprint density at radius 3 is 2.67 bits per heavy atom. The summed E-state index contributed by atoms with van der Waals surface area (Å²) in [6.45, 7) is 0.563. The van der Waals surface area contributed by atoms with E-state index >= 15 is 0 Å². The van der Waals surface area contributed by atoms with Gasteiger partial charge in [-0.2, -0.15) is 0 Å². The van der Waals surface area contributed by atoms with E-state index in [9.17, 15) is 4.79 Å². The molecular formula is C11H12N2OS. The Bertz CT molecular complexity index is 487. The molecule has 0 atom stereocenters. The number of nitrogens with two attached hydrogens (primary N) is 1. The Morgan fingerprint density at radius 1 is 1.27 bits per heavy atom. The van der Waals surface area contributed by atoms with E-state index in [0.717, 1.165) is 22.6 Å². The molecule has 0 unspecified atom stereocenters. The predicted molar refractivity (Wildman–Crippen MR) is 63.1 cm³/mol. The standard InChI is InChI=1S/C11H12N2OS/c12-7-6-9-10(13-11(14)15-9)8-4-2-1-3-5-8/h1-5H,6-7,12H2,(H,13,14). The van der Waals surface area contributed by atoms with Gasteiger partial charge >= 0.3 is 4.87 Å². The lowest BCUT2D eigenvalue weighted by molar-refractivity contribution is 0.986. The summed E-state index contributed by atoms with van der Waals surface area (Å²) >= 11 is 1.24. The molecule has 0 fully saturated rings. The van der Waals surface area contributed by atoms with Crippen molar-refractivity contribution in [3.05, 3.63) is 44.9 Å². The van der Waals surface area contributed by atoms with Crippen LogP contribution < -0.4 is 10.6 Å². The molecule has 2 rings (SSSR count). The summed E-state index contributed by atoms with van der Waals surface area (Å²) in [6.07, 6.45) is 0.744. The van der Waals surface area contributed by atoms with Crippen LogP contribution in [-0.4, -0.2) is 11.5 Å². The number of aromatic nitrogens is 1. The molecule has 1 aromatic heterocycles. The summed E-state index contributed by atoms with van der Waals surface area (Å²) in [5.41, 5.74) is 7.46. The first-order chi connectivity index (χ1) is 7.31. The Hall–Kier alpha value is -1.39. The van der Waals surface area contributed by atoms with E-state index in [1.165, 1.54) is 11.3 Å². The lowest BCUT2D eigenvalue weighted by atomic mass is 10.1. The molecule has 4 heteroatoms.